The van der Waals surface area contributed by atoms with Crippen molar-refractivity contribution < 1.29 is 13.2 Å². The summed E-state index contributed by atoms with van der Waals surface area (Å²) in [4.78, 5) is 0. The van der Waals surface area contributed by atoms with Gasteiger partial charge in [0, 0.05) is 10.7 Å². The Labute approximate surface area is 76.5 Å². The highest BCUT2D eigenvalue weighted by atomic mass is 35.7. The normalized spacial score (nSPS) is 40.6. The smallest absolute Gasteiger partial charge is 0.232 e. The number of halogens is 1. The van der Waals surface area contributed by atoms with Crippen molar-refractivity contribution in [2.75, 3.05) is 12.4 Å². The Morgan fingerprint density at radius 3 is 2.58 bits per heavy atom. The molecular weight excluding hydrogens is 200 g/mol. The maximum atomic E-state index is 10.8. The highest BCUT2D eigenvalue weighted by Gasteiger charge is 2.42. The van der Waals surface area contributed by atoms with Crippen LogP contribution in [0.1, 0.15) is 12.8 Å². The van der Waals surface area contributed by atoms with E-state index in [1.807, 2.05) is 0 Å². The molecule has 2 fully saturated rings. The van der Waals surface area contributed by atoms with Crippen molar-refractivity contribution in [3.63, 3.8) is 0 Å². The van der Waals surface area contributed by atoms with E-state index in [0.717, 1.165) is 19.4 Å². The van der Waals surface area contributed by atoms with Crippen LogP contribution in [0, 0.1) is 11.8 Å². The molecule has 1 saturated carbocycles. The van der Waals surface area contributed by atoms with Gasteiger partial charge in [0.2, 0.25) is 9.05 Å². The molecule has 0 unspecified atom stereocenters. The van der Waals surface area contributed by atoms with Crippen LogP contribution in [0.5, 0.6) is 0 Å². The lowest BCUT2D eigenvalue weighted by atomic mass is 9.99. The second-order valence-corrected chi connectivity index (χ2v) is 6.47. The van der Waals surface area contributed by atoms with E-state index in [1.165, 1.54) is 0 Å². The lowest BCUT2D eigenvalue weighted by molar-refractivity contribution is 0.0575. The number of ether oxygens (including phenoxy) is 1. The maximum absolute atomic E-state index is 10.8. The Morgan fingerprint density at radius 2 is 2.17 bits per heavy atom. The van der Waals surface area contributed by atoms with Gasteiger partial charge in [0.1, 0.15) is 0 Å². The van der Waals surface area contributed by atoms with E-state index < -0.39 is 9.05 Å². The molecular formula is C7H11ClO3S. The minimum Gasteiger partial charge on any atom is -0.378 e. The first-order valence-corrected chi connectivity index (χ1v) is 6.56. The first kappa shape index (κ1) is 8.78. The summed E-state index contributed by atoms with van der Waals surface area (Å²) in [6, 6.07) is 0. The summed E-state index contributed by atoms with van der Waals surface area (Å²) < 4.78 is 26.9. The van der Waals surface area contributed by atoms with Crippen molar-refractivity contribution >= 4 is 19.7 Å². The molecule has 0 N–H and O–H groups in total. The Hall–Kier alpha value is 0.200. The molecule has 70 valence electrons. The molecule has 0 radical (unpaired) electrons. The van der Waals surface area contributed by atoms with Gasteiger partial charge < -0.3 is 4.74 Å². The molecule has 0 amide bonds. The van der Waals surface area contributed by atoms with Crippen LogP contribution in [0.3, 0.4) is 0 Å². The minimum atomic E-state index is -3.31. The number of hydrogen-bond donors (Lipinski definition) is 0. The lowest BCUT2D eigenvalue weighted by Crippen LogP contribution is -2.23. The van der Waals surface area contributed by atoms with Crippen molar-refractivity contribution in [3.05, 3.63) is 0 Å². The van der Waals surface area contributed by atoms with Gasteiger partial charge in [-0.2, -0.15) is 0 Å². The van der Waals surface area contributed by atoms with Gasteiger partial charge in [-0.15, -0.1) is 0 Å². The van der Waals surface area contributed by atoms with Gasteiger partial charge in [-0.05, 0) is 24.7 Å². The van der Waals surface area contributed by atoms with Gasteiger partial charge in [0.15, 0.2) is 0 Å². The second-order valence-electron chi connectivity index (χ2n) is 3.65. The highest BCUT2D eigenvalue weighted by Crippen LogP contribution is 2.40. The zero-order chi connectivity index (χ0) is 8.77. The molecule has 5 heteroatoms. The summed E-state index contributed by atoms with van der Waals surface area (Å²) in [5, 5.41) is 0. The molecule has 0 aromatic carbocycles. The van der Waals surface area contributed by atoms with Crippen LogP contribution in [0.4, 0.5) is 0 Å². The van der Waals surface area contributed by atoms with E-state index in [9.17, 15) is 8.42 Å². The summed E-state index contributed by atoms with van der Waals surface area (Å²) in [7, 11) is 1.87. The average Bonchev–Trinajstić information content (AvgIpc) is 2.42. The summed E-state index contributed by atoms with van der Waals surface area (Å²) >= 11 is 0. The predicted octanol–water partition coefficient (Wildman–Crippen LogP) is 0.980. The third-order valence-corrected chi connectivity index (χ3v) is 3.96. The Kier molecular flexibility index (Phi) is 2.09. The van der Waals surface area contributed by atoms with E-state index in [4.69, 9.17) is 15.4 Å². The van der Waals surface area contributed by atoms with Crippen molar-refractivity contribution in [2.45, 2.75) is 18.9 Å². The third-order valence-electron chi connectivity index (χ3n) is 2.76. The SMILES string of the molecule is O=S(=O)(Cl)C[C@H]1C[C@H]2C[C@@H]1CO2. The van der Waals surface area contributed by atoms with Crippen LogP contribution < -0.4 is 0 Å². The average molecular weight is 211 g/mol. The van der Waals surface area contributed by atoms with Crippen LogP contribution in [0.15, 0.2) is 0 Å². The van der Waals surface area contributed by atoms with E-state index in [2.05, 4.69) is 0 Å². The molecule has 2 rings (SSSR count). The van der Waals surface area contributed by atoms with Crippen molar-refractivity contribution in [2.24, 2.45) is 11.8 Å². The molecule has 12 heavy (non-hydrogen) atoms. The van der Waals surface area contributed by atoms with E-state index in [1.54, 1.807) is 0 Å². The number of fused-ring (bicyclic) bond motifs is 2. The molecule has 0 spiro atoms. The molecule has 0 aromatic heterocycles. The second kappa shape index (κ2) is 2.86. The van der Waals surface area contributed by atoms with Crippen LogP contribution in [0.2, 0.25) is 0 Å². The Balaban J connectivity index is 2.00. The zero-order valence-corrected chi connectivity index (χ0v) is 8.14. The van der Waals surface area contributed by atoms with Gasteiger partial charge >= 0.3 is 0 Å². The van der Waals surface area contributed by atoms with Gasteiger partial charge in [-0.25, -0.2) is 8.42 Å². The van der Waals surface area contributed by atoms with Crippen LogP contribution in [-0.2, 0) is 13.8 Å². The molecule has 3 atom stereocenters. The standard InChI is InChI=1S/C7H11ClO3S/c8-12(9,10)4-6-2-7-1-5(6)3-11-7/h5-7H,1-4H2/t5-,6-,7-/m1/s1. The summed E-state index contributed by atoms with van der Waals surface area (Å²) in [5.41, 5.74) is 0. The fourth-order valence-electron chi connectivity index (χ4n) is 2.22. The molecule has 1 heterocycles. The topological polar surface area (TPSA) is 43.4 Å². The number of hydrogen-bond acceptors (Lipinski definition) is 3. The molecule has 2 aliphatic rings. The maximum Gasteiger partial charge on any atom is 0.232 e. The third kappa shape index (κ3) is 1.75. The van der Waals surface area contributed by atoms with Gasteiger partial charge in [-0.3, -0.25) is 0 Å². The van der Waals surface area contributed by atoms with Crippen molar-refractivity contribution in [1.29, 1.82) is 0 Å². The number of rotatable bonds is 2. The van der Waals surface area contributed by atoms with Gasteiger partial charge in [0.05, 0.1) is 18.5 Å². The van der Waals surface area contributed by atoms with E-state index in [0.29, 0.717) is 12.0 Å². The summed E-state index contributed by atoms with van der Waals surface area (Å²) in [6.45, 7) is 0.724. The lowest BCUT2D eigenvalue weighted by Gasteiger charge is -2.19. The molecule has 1 saturated heterocycles. The highest BCUT2D eigenvalue weighted by molar-refractivity contribution is 8.13. The van der Waals surface area contributed by atoms with Crippen LogP contribution >= 0.6 is 10.7 Å². The zero-order valence-electron chi connectivity index (χ0n) is 6.57. The first-order chi connectivity index (χ1) is 5.54. The fourth-order valence-corrected chi connectivity index (χ4v) is 3.62. The molecule has 2 bridgehead atoms. The molecule has 1 aliphatic carbocycles. The Bertz CT molecular complexity index is 274. The molecule has 0 aromatic rings. The van der Waals surface area contributed by atoms with Crippen LogP contribution in [0.25, 0.3) is 0 Å². The predicted molar refractivity (Wildman–Crippen MR) is 45.6 cm³/mol. The van der Waals surface area contributed by atoms with Crippen molar-refractivity contribution in [3.8, 4) is 0 Å². The molecule has 1 aliphatic heterocycles. The van der Waals surface area contributed by atoms with E-state index >= 15 is 0 Å². The summed E-state index contributed by atoms with van der Waals surface area (Å²) in [6.07, 6.45) is 2.20. The molecule has 3 nitrogen and oxygen atoms in total. The monoisotopic (exact) mass is 210 g/mol. The Morgan fingerprint density at radius 1 is 1.42 bits per heavy atom. The van der Waals surface area contributed by atoms with Crippen LogP contribution in [-0.4, -0.2) is 26.9 Å². The van der Waals surface area contributed by atoms with Gasteiger partial charge in [-0.1, -0.05) is 0 Å². The minimum absolute atomic E-state index is 0.124. The first-order valence-electron chi connectivity index (χ1n) is 4.08. The van der Waals surface area contributed by atoms with Gasteiger partial charge in [0.25, 0.3) is 0 Å². The fraction of sp³-hybridized carbons (Fsp3) is 1.00. The van der Waals surface area contributed by atoms with E-state index in [-0.39, 0.29) is 11.7 Å². The quantitative estimate of drug-likeness (QED) is 0.639. The summed E-state index contributed by atoms with van der Waals surface area (Å²) in [5.74, 6) is 0.800. The largest absolute Gasteiger partial charge is 0.378 e. The van der Waals surface area contributed by atoms with Crippen molar-refractivity contribution in [1.82, 2.24) is 0 Å².